The molecule has 0 aliphatic carbocycles. The van der Waals surface area contributed by atoms with Crippen molar-refractivity contribution in [3.63, 3.8) is 0 Å². The Balaban J connectivity index is 1.94. The van der Waals surface area contributed by atoms with Gasteiger partial charge in [-0.05, 0) is 39.8 Å². The third-order valence-electron chi connectivity index (χ3n) is 5.19. The van der Waals surface area contributed by atoms with Gasteiger partial charge in [0.2, 0.25) is 5.91 Å². The minimum Gasteiger partial charge on any atom is -0.480 e. The molecule has 9 nitrogen and oxygen atoms in total. The fraction of sp³-hybridized carbons (Fsp3) is 0.556. The van der Waals surface area contributed by atoms with Crippen LogP contribution < -0.4 is 5.32 Å². The third-order valence-corrected chi connectivity index (χ3v) is 5.19. The van der Waals surface area contributed by atoms with E-state index in [2.05, 4.69) is 5.32 Å². The topological polar surface area (TPSA) is 116 Å². The number of benzene rings is 1. The predicted octanol–water partition coefficient (Wildman–Crippen LogP) is 1.71. The number of nitro groups is 1. The number of carbonyl (C=O) groups is 2. The van der Waals surface area contributed by atoms with E-state index in [1.807, 2.05) is 16.7 Å². The normalized spacial score (nSPS) is 16.9. The monoisotopic (exact) mass is 378 g/mol. The molecule has 1 aromatic carbocycles. The lowest BCUT2D eigenvalue weighted by atomic mass is 10.0. The zero-order chi connectivity index (χ0) is 20.1. The lowest BCUT2D eigenvalue weighted by molar-refractivity contribution is -0.385. The number of nitrogens with one attached hydrogen (secondary N) is 1. The van der Waals surface area contributed by atoms with E-state index in [1.54, 1.807) is 26.1 Å². The number of rotatable bonds is 7. The van der Waals surface area contributed by atoms with E-state index in [1.165, 1.54) is 6.07 Å². The number of aliphatic carboxylic acids is 1. The molecule has 1 heterocycles. The number of amides is 1. The van der Waals surface area contributed by atoms with Gasteiger partial charge in [0.15, 0.2) is 0 Å². The summed E-state index contributed by atoms with van der Waals surface area (Å²) in [5.41, 5.74) is 0.844. The lowest BCUT2D eigenvalue weighted by Crippen LogP contribution is -2.50. The molecule has 1 amide bonds. The third kappa shape index (κ3) is 5.24. The van der Waals surface area contributed by atoms with Crippen LogP contribution in [0.4, 0.5) is 11.4 Å². The van der Waals surface area contributed by atoms with Gasteiger partial charge in [0, 0.05) is 25.2 Å². The number of nitrogens with zero attached hydrogens (tertiary/aromatic N) is 3. The maximum Gasteiger partial charge on any atom is 0.317 e. The minimum absolute atomic E-state index is 0.00672. The van der Waals surface area contributed by atoms with Crippen LogP contribution in [-0.2, 0) is 9.59 Å². The molecule has 0 bridgehead atoms. The van der Waals surface area contributed by atoms with Crippen molar-refractivity contribution in [2.45, 2.75) is 38.8 Å². The number of carboxylic acids is 1. The van der Waals surface area contributed by atoms with E-state index in [4.69, 9.17) is 5.11 Å². The Bertz CT molecular complexity index is 716. The minimum atomic E-state index is -0.847. The van der Waals surface area contributed by atoms with Crippen LogP contribution in [0, 0.1) is 17.0 Å². The Morgan fingerprint density at radius 2 is 2.04 bits per heavy atom. The first-order valence-electron chi connectivity index (χ1n) is 8.91. The summed E-state index contributed by atoms with van der Waals surface area (Å²) in [5.74, 6) is -1.06. The predicted molar refractivity (Wildman–Crippen MR) is 101 cm³/mol. The van der Waals surface area contributed by atoms with E-state index in [9.17, 15) is 19.7 Å². The fourth-order valence-electron chi connectivity index (χ4n) is 3.42. The highest BCUT2D eigenvalue weighted by atomic mass is 16.6. The van der Waals surface area contributed by atoms with Gasteiger partial charge in [0.1, 0.15) is 0 Å². The molecule has 0 aromatic heterocycles. The van der Waals surface area contributed by atoms with Gasteiger partial charge in [0.25, 0.3) is 5.69 Å². The summed E-state index contributed by atoms with van der Waals surface area (Å²) in [6.45, 7) is 4.81. The zero-order valence-electron chi connectivity index (χ0n) is 15.8. The summed E-state index contributed by atoms with van der Waals surface area (Å²) in [6.07, 6.45) is 1.58. The van der Waals surface area contributed by atoms with Gasteiger partial charge in [0.05, 0.1) is 28.8 Å². The maximum atomic E-state index is 12.6. The number of likely N-dealkylation sites (tertiary alicyclic amines) is 1. The van der Waals surface area contributed by atoms with Crippen molar-refractivity contribution in [1.82, 2.24) is 9.80 Å². The number of piperidine rings is 1. The number of anilines is 1. The number of likely N-dealkylation sites (N-methyl/N-ethyl adjacent to an activating group) is 1. The van der Waals surface area contributed by atoms with E-state index in [0.29, 0.717) is 24.3 Å². The number of hydrogen-bond donors (Lipinski definition) is 2. The average Bonchev–Trinajstić information content (AvgIpc) is 2.62. The second-order valence-corrected chi connectivity index (χ2v) is 6.95. The molecule has 1 aromatic rings. The number of hydrogen-bond acceptors (Lipinski definition) is 6. The lowest BCUT2D eigenvalue weighted by Gasteiger charge is -2.38. The average molecular weight is 378 g/mol. The molecule has 0 spiro atoms. The first kappa shape index (κ1) is 20.8. The molecule has 1 atom stereocenters. The van der Waals surface area contributed by atoms with Gasteiger partial charge in [-0.25, -0.2) is 0 Å². The van der Waals surface area contributed by atoms with Crippen LogP contribution in [0.1, 0.15) is 25.3 Å². The largest absolute Gasteiger partial charge is 0.480 e. The summed E-state index contributed by atoms with van der Waals surface area (Å²) in [5, 5.41) is 22.7. The molecule has 0 saturated carbocycles. The Morgan fingerprint density at radius 1 is 1.41 bits per heavy atom. The first-order chi connectivity index (χ1) is 12.7. The Hall–Kier alpha value is -2.52. The molecule has 9 heteroatoms. The van der Waals surface area contributed by atoms with Gasteiger partial charge < -0.3 is 10.4 Å². The van der Waals surface area contributed by atoms with Gasteiger partial charge in [-0.2, -0.15) is 0 Å². The van der Waals surface area contributed by atoms with Gasteiger partial charge in [-0.15, -0.1) is 0 Å². The van der Waals surface area contributed by atoms with Gasteiger partial charge >= 0.3 is 5.97 Å². The second-order valence-electron chi connectivity index (χ2n) is 6.95. The Kier molecular flexibility index (Phi) is 6.86. The molecule has 0 radical (unpaired) electrons. The molecule has 1 fully saturated rings. The van der Waals surface area contributed by atoms with Crippen molar-refractivity contribution in [2.24, 2.45) is 0 Å². The zero-order valence-corrected chi connectivity index (χ0v) is 15.8. The highest BCUT2D eigenvalue weighted by Crippen LogP contribution is 2.25. The SMILES string of the molecule is Cc1c(NC(=O)C(C)N2CCC(N(C)CC(=O)O)CC2)cccc1[N+](=O)[O-]. The van der Waals surface area contributed by atoms with Gasteiger partial charge in [-0.3, -0.25) is 29.5 Å². The van der Waals surface area contributed by atoms with Crippen LogP contribution in [0.15, 0.2) is 18.2 Å². The van der Waals surface area contributed by atoms with Crippen molar-refractivity contribution in [2.75, 3.05) is 32.0 Å². The summed E-state index contributed by atoms with van der Waals surface area (Å²) in [4.78, 5) is 37.9. The van der Waals surface area contributed by atoms with E-state index < -0.39 is 10.9 Å². The van der Waals surface area contributed by atoms with Crippen molar-refractivity contribution in [3.8, 4) is 0 Å². The highest BCUT2D eigenvalue weighted by molar-refractivity contribution is 5.95. The second kappa shape index (κ2) is 8.92. The summed E-state index contributed by atoms with van der Waals surface area (Å²) in [6, 6.07) is 4.42. The molecule has 148 valence electrons. The van der Waals surface area contributed by atoms with Crippen LogP contribution in [0.3, 0.4) is 0 Å². The van der Waals surface area contributed by atoms with Crippen LogP contribution in [-0.4, -0.2) is 70.5 Å². The summed E-state index contributed by atoms with van der Waals surface area (Å²) in [7, 11) is 1.80. The number of nitro benzene ring substituents is 1. The molecule has 1 unspecified atom stereocenters. The Morgan fingerprint density at radius 3 is 2.59 bits per heavy atom. The molecule has 2 rings (SSSR count). The van der Waals surface area contributed by atoms with Crippen LogP contribution >= 0.6 is 0 Å². The van der Waals surface area contributed by atoms with Crippen LogP contribution in [0.25, 0.3) is 0 Å². The van der Waals surface area contributed by atoms with Crippen molar-refractivity contribution in [1.29, 1.82) is 0 Å². The van der Waals surface area contributed by atoms with E-state index in [-0.39, 0.29) is 30.2 Å². The fourth-order valence-corrected chi connectivity index (χ4v) is 3.42. The van der Waals surface area contributed by atoms with Crippen molar-refractivity contribution < 1.29 is 19.6 Å². The van der Waals surface area contributed by atoms with E-state index >= 15 is 0 Å². The number of carbonyl (C=O) groups excluding carboxylic acids is 1. The summed E-state index contributed by atoms with van der Waals surface area (Å²) < 4.78 is 0. The number of carboxylic acid groups (broad SMARTS) is 1. The molecule has 27 heavy (non-hydrogen) atoms. The first-order valence-corrected chi connectivity index (χ1v) is 8.91. The van der Waals surface area contributed by atoms with E-state index in [0.717, 1.165) is 12.8 Å². The molecule has 1 saturated heterocycles. The van der Waals surface area contributed by atoms with Gasteiger partial charge in [-0.1, -0.05) is 6.07 Å². The highest BCUT2D eigenvalue weighted by Gasteiger charge is 2.29. The summed E-state index contributed by atoms with van der Waals surface area (Å²) >= 11 is 0. The molecular formula is C18H26N4O5. The maximum absolute atomic E-state index is 12.6. The smallest absolute Gasteiger partial charge is 0.317 e. The quantitative estimate of drug-likeness (QED) is 0.548. The Labute approximate surface area is 158 Å². The standard InChI is InChI=1S/C18H26N4O5/c1-12-15(5-4-6-16(12)22(26)27)19-18(25)13(2)21-9-7-14(8-10-21)20(3)11-17(23)24/h4-6,13-14H,7-11H2,1-3H3,(H,19,25)(H,23,24). The van der Waals surface area contributed by atoms with Crippen LogP contribution in [0.2, 0.25) is 0 Å². The molecule has 1 aliphatic rings. The molecule has 2 N–H and O–H groups in total. The van der Waals surface area contributed by atoms with Crippen molar-refractivity contribution in [3.05, 3.63) is 33.9 Å². The molecular weight excluding hydrogens is 352 g/mol. The van der Waals surface area contributed by atoms with Crippen molar-refractivity contribution >= 4 is 23.3 Å². The van der Waals surface area contributed by atoms with Crippen LogP contribution in [0.5, 0.6) is 0 Å². The molecule has 1 aliphatic heterocycles.